The van der Waals surface area contributed by atoms with Crippen LogP contribution < -0.4 is 10.6 Å². The number of rotatable bonds is 30. The molecule has 10 aliphatic rings. The molecule has 0 aromatic heterocycles. The molecule has 2 amide bonds. The number of aliphatic hydroxyl groups excluding tert-OH is 30. The van der Waals surface area contributed by atoms with Crippen LogP contribution in [-0.4, -0.2) is 538 Å². The number of amides is 2. The Bertz CT molecular complexity index is 3050. The van der Waals surface area contributed by atoms with E-state index in [9.17, 15) is 163 Å². The first-order chi connectivity index (χ1) is 55.4. The first-order valence-corrected chi connectivity index (χ1v) is 37.2. The Labute approximate surface area is 660 Å². The largest absolute Gasteiger partial charge is 0.394 e. The molecule has 10 saturated heterocycles. The van der Waals surface area contributed by atoms with Crippen LogP contribution in [0.1, 0.15) is 13.8 Å². The zero-order valence-electron chi connectivity index (χ0n) is 61.9. The molecule has 0 bridgehead atoms. The molecule has 0 aromatic rings. The standard InChI is InChI=1S/C64H108N2O51/c1-13(75)65-25-35(85)48(21(9-73)101-55(25)98)111-56-26(66-14(2)76)36(86)49(22(10-74)108-56)112-61-47(97)51(114-62-52(40(90)30(80)18(6-70)105-62)115-59-44(94)38(88)28(78)16(4-68)103-59)34(84)24(110-61)12-100-58-46(96)50(33(83)23(109-58)11-99-57-43(93)37(87)27(77)15(3-67)102-57)113-63-54(42(92)32(82)19(7-71)106-63)117-64-53(41(91)31(81)20(8-72)107-64)116-60-45(95)39(89)29(79)17(5-69)104-60/h15-64,67-74,77-98H,3-12H2,1-2H3,(H,65,75)(H,66,76)/t15-,16-,17-,18-,19-,20-,21-,22-,23-,24-,25-,26-,27-,28-,29-,30-,31-,32-,33-,34-,35-,36-,37+,38+,39+,40+,41+,42+,43+,44+,45+,46+,47+,48-,49-,50+,51+,52+,53+,54+,55-,56+,57+,58+,59-,60-,61+,62-,63-,64-/m1/s1. The number of ether oxygens (including phenoxy) is 19. The Morgan fingerprint density at radius 1 is 0.222 bits per heavy atom. The van der Waals surface area contributed by atoms with Gasteiger partial charge in [-0.05, 0) is 0 Å². The summed E-state index contributed by atoms with van der Waals surface area (Å²) in [5, 5.41) is 337. The Kier molecular flexibility index (Phi) is 34.4. The van der Waals surface area contributed by atoms with Crippen molar-refractivity contribution in [2.75, 3.05) is 66.1 Å². The van der Waals surface area contributed by atoms with Crippen molar-refractivity contribution < 1.29 is 253 Å². The normalized spacial score (nSPS) is 51.5. The topological polar surface area (TPSA) is 840 Å². The summed E-state index contributed by atoms with van der Waals surface area (Å²) in [7, 11) is 0. The molecule has 117 heavy (non-hydrogen) atoms. The van der Waals surface area contributed by atoms with E-state index in [-0.39, 0.29) is 0 Å². The third-order valence-electron chi connectivity index (χ3n) is 21.7. The summed E-state index contributed by atoms with van der Waals surface area (Å²) in [6, 6.07) is -3.61. The number of hydrogen-bond acceptors (Lipinski definition) is 51. The zero-order chi connectivity index (χ0) is 85.9. The fourth-order valence-corrected chi connectivity index (χ4v) is 15.0. The van der Waals surface area contributed by atoms with E-state index in [1.165, 1.54) is 0 Å². The predicted octanol–water partition coefficient (Wildman–Crippen LogP) is -22.5. The van der Waals surface area contributed by atoms with Gasteiger partial charge in [0.1, 0.15) is 244 Å². The van der Waals surface area contributed by atoms with Crippen LogP contribution in [0.2, 0.25) is 0 Å². The number of aliphatic hydroxyl groups is 30. The van der Waals surface area contributed by atoms with Crippen LogP contribution in [0.3, 0.4) is 0 Å². The van der Waals surface area contributed by atoms with Gasteiger partial charge in [-0.2, -0.15) is 0 Å². The van der Waals surface area contributed by atoms with Gasteiger partial charge in [0, 0.05) is 13.8 Å². The van der Waals surface area contributed by atoms with Crippen molar-refractivity contribution in [3.8, 4) is 0 Å². The smallest absolute Gasteiger partial charge is 0.217 e. The Balaban J connectivity index is 0.995. The third kappa shape index (κ3) is 20.7. The lowest BCUT2D eigenvalue weighted by Crippen LogP contribution is -2.70. The third-order valence-corrected chi connectivity index (χ3v) is 21.7. The highest BCUT2D eigenvalue weighted by Crippen LogP contribution is 2.41. The van der Waals surface area contributed by atoms with E-state index in [0.717, 1.165) is 13.8 Å². The van der Waals surface area contributed by atoms with Crippen molar-refractivity contribution in [2.24, 2.45) is 0 Å². The first-order valence-electron chi connectivity index (χ1n) is 37.2. The van der Waals surface area contributed by atoms with Crippen LogP contribution in [-0.2, 0) is 99.6 Å². The molecule has 10 fully saturated rings. The summed E-state index contributed by atoms with van der Waals surface area (Å²) in [5.74, 6) is -1.76. The lowest BCUT2D eigenvalue weighted by molar-refractivity contribution is -0.406. The summed E-state index contributed by atoms with van der Waals surface area (Å²) in [6.45, 7) is -9.28. The molecule has 0 aromatic carbocycles. The SMILES string of the molecule is CC(=O)N[C@@H]1[C@@H](O)[C@H](O[C@@H]2O[C@H](CO)[C@@H](O[C@@H]3O[C@H](CO[C@H]4O[C@H](CO[C@H]5O[C@H](CO)[C@@H](O)[C@H](O)[C@@H]5O)[C@@H](O)[C@H](O[C@H]5O[C@H](CO)[C@@H](O)[C@H](O)[C@@H]5O[C@H]5O[C@H](CO)[C@@H](O)[C@H](O)[C@@H]5O[C@H]5O[C@H](CO)[C@@H](O)[C@H](O)[C@@H]5O)[C@@H]4O)[C@@H](O)[C@H](O[C@H]4O[C@H](CO)[C@@H](O)[C@H](O)[C@@H]4O[C@H]4O[C@H](CO)[C@@H](O)[C@H](O)[C@@H]4O)[C@@H]3O)[C@H](O)[C@H]2NC(C)=O)[C@@H](CO)O[C@H]1O. The van der Waals surface area contributed by atoms with Crippen molar-refractivity contribution in [1.29, 1.82) is 0 Å². The van der Waals surface area contributed by atoms with E-state index in [1.54, 1.807) is 0 Å². The molecular weight excluding hydrogens is 1610 g/mol. The molecule has 0 saturated carbocycles. The van der Waals surface area contributed by atoms with E-state index in [4.69, 9.17) is 90.0 Å². The molecule has 32 N–H and O–H groups in total. The molecule has 0 spiro atoms. The number of carbonyl (C=O) groups is 2. The van der Waals surface area contributed by atoms with Crippen molar-refractivity contribution in [3.05, 3.63) is 0 Å². The van der Waals surface area contributed by atoms with E-state index in [0.29, 0.717) is 0 Å². The van der Waals surface area contributed by atoms with Gasteiger partial charge < -0.3 is 254 Å². The molecule has 10 rings (SSSR count). The van der Waals surface area contributed by atoms with Crippen molar-refractivity contribution in [1.82, 2.24) is 10.6 Å². The minimum Gasteiger partial charge on any atom is -0.394 e. The molecule has 0 radical (unpaired) electrons. The maximum absolute atomic E-state index is 13.0. The maximum atomic E-state index is 13.0. The summed E-state index contributed by atoms with van der Waals surface area (Å²) < 4.78 is 111. The maximum Gasteiger partial charge on any atom is 0.217 e. The van der Waals surface area contributed by atoms with Crippen LogP contribution in [0.15, 0.2) is 0 Å². The van der Waals surface area contributed by atoms with Gasteiger partial charge in [-0.1, -0.05) is 0 Å². The van der Waals surface area contributed by atoms with Crippen molar-refractivity contribution in [3.63, 3.8) is 0 Å². The molecule has 680 valence electrons. The van der Waals surface area contributed by atoms with Gasteiger partial charge in [0.15, 0.2) is 62.9 Å². The average Bonchev–Trinajstić information content (AvgIpc) is 0.770. The van der Waals surface area contributed by atoms with Gasteiger partial charge in [0.05, 0.1) is 66.1 Å². The van der Waals surface area contributed by atoms with Gasteiger partial charge >= 0.3 is 0 Å². The minimum atomic E-state index is -2.59. The second-order valence-electron chi connectivity index (χ2n) is 29.5. The molecule has 53 nitrogen and oxygen atoms in total. The van der Waals surface area contributed by atoms with E-state index >= 15 is 0 Å². The van der Waals surface area contributed by atoms with E-state index in [2.05, 4.69) is 10.6 Å². The highest BCUT2D eigenvalue weighted by molar-refractivity contribution is 5.73. The fraction of sp³-hybridized carbons (Fsp3) is 0.969. The number of carbonyl (C=O) groups excluding carboxylic acids is 2. The van der Waals surface area contributed by atoms with Crippen LogP contribution in [0.5, 0.6) is 0 Å². The molecule has 53 heteroatoms. The number of hydrogen-bond donors (Lipinski definition) is 32. The van der Waals surface area contributed by atoms with Gasteiger partial charge in [0.25, 0.3) is 0 Å². The highest BCUT2D eigenvalue weighted by Gasteiger charge is 2.62. The summed E-state index contributed by atoms with van der Waals surface area (Å²) >= 11 is 0. The van der Waals surface area contributed by atoms with Crippen molar-refractivity contribution in [2.45, 2.75) is 321 Å². The molecule has 10 aliphatic heterocycles. The van der Waals surface area contributed by atoms with Gasteiger partial charge in [0.2, 0.25) is 11.8 Å². The molecular formula is C64H108N2O51. The van der Waals surface area contributed by atoms with E-state index < -0.39 is 385 Å². The Morgan fingerprint density at radius 3 is 0.829 bits per heavy atom. The zero-order valence-corrected chi connectivity index (χ0v) is 61.9. The predicted molar refractivity (Wildman–Crippen MR) is 353 cm³/mol. The van der Waals surface area contributed by atoms with Crippen molar-refractivity contribution >= 4 is 11.8 Å². The summed E-state index contributed by atoms with van der Waals surface area (Å²) in [6.07, 6.45) is -104. The summed E-state index contributed by atoms with van der Waals surface area (Å²) in [5.41, 5.74) is 0. The highest BCUT2D eigenvalue weighted by atomic mass is 16.8. The number of nitrogens with one attached hydrogen (secondary N) is 2. The lowest BCUT2D eigenvalue weighted by atomic mass is 9.94. The van der Waals surface area contributed by atoms with Gasteiger partial charge in [-0.15, -0.1) is 0 Å². The second-order valence-corrected chi connectivity index (χ2v) is 29.5. The van der Waals surface area contributed by atoms with Crippen LogP contribution >= 0.6 is 0 Å². The quantitative estimate of drug-likeness (QED) is 0.0318. The van der Waals surface area contributed by atoms with E-state index in [1.807, 2.05) is 0 Å². The van der Waals surface area contributed by atoms with Crippen LogP contribution in [0, 0.1) is 0 Å². The Hall–Kier alpha value is -3.02. The average molecular weight is 1720 g/mol. The summed E-state index contributed by atoms with van der Waals surface area (Å²) in [4.78, 5) is 25.1. The van der Waals surface area contributed by atoms with Gasteiger partial charge in [-0.3, -0.25) is 9.59 Å². The lowest BCUT2D eigenvalue weighted by Gasteiger charge is -2.51. The first kappa shape index (κ1) is 96.2. The molecule has 0 aliphatic carbocycles. The fourth-order valence-electron chi connectivity index (χ4n) is 15.0. The van der Waals surface area contributed by atoms with Gasteiger partial charge in [-0.25, -0.2) is 0 Å². The molecule has 10 heterocycles. The monoisotopic (exact) mass is 1720 g/mol. The van der Waals surface area contributed by atoms with Crippen LogP contribution in [0.25, 0.3) is 0 Å². The van der Waals surface area contributed by atoms with Crippen LogP contribution in [0.4, 0.5) is 0 Å². The minimum absolute atomic E-state index is 0.800. The Morgan fingerprint density at radius 2 is 0.462 bits per heavy atom. The molecule has 0 unspecified atom stereocenters. The molecule has 50 atom stereocenters. The second kappa shape index (κ2) is 41.9.